The fourth-order valence-corrected chi connectivity index (χ4v) is 8.10. The molecule has 0 aromatic heterocycles. The van der Waals surface area contributed by atoms with Crippen molar-refractivity contribution in [1.29, 1.82) is 0 Å². The van der Waals surface area contributed by atoms with Gasteiger partial charge in [0.15, 0.2) is 0 Å². The molecule has 48 heavy (non-hydrogen) atoms. The van der Waals surface area contributed by atoms with Gasteiger partial charge in [-0.3, -0.25) is 0 Å². The first-order valence-electron chi connectivity index (χ1n) is 16.8. The Morgan fingerprint density at radius 2 is 1.06 bits per heavy atom. The van der Waals surface area contributed by atoms with Crippen LogP contribution in [0.4, 0.5) is 51.2 Å². The third kappa shape index (κ3) is 4.02. The van der Waals surface area contributed by atoms with Crippen LogP contribution in [-0.2, 0) is 6.42 Å². The van der Waals surface area contributed by atoms with E-state index in [1.807, 2.05) is 0 Å². The van der Waals surface area contributed by atoms with Crippen molar-refractivity contribution >= 4 is 74.3 Å². The summed E-state index contributed by atoms with van der Waals surface area (Å²) < 4.78 is 0. The number of nitrogens with zero attached hydrogens (tertiary/aromatic N) is 3. The van der Waals surface area contributed by atoms with Gasteiger partial charge in [0.25, 0.3) is 6.71 Å². The Morgan fingerprint density at radius 1 is 0.479 bits per heavy atom. The van der Waals surface area contributed by atoms with Gasteiger partial charge in [0, 0.05) is 51.2 Å². The summed E-state index contributed by atoms with van der Waals surface area (Å²) in [5.41, 5.74) is 19.1. The predicted molar refractivity (Wildman–Crippen MR) is 203 cm³/mol. The Balaban J connectivity index is 1.26. The van der Waals surface area contributed by atoms with Crippen molar-refractivity contribution in [3.63, 3.8) is 0 Å². The Bertz CT molecular complexity index is 2300. The highest BCUT2D eigenvalue weighted by molar-refractivity contribution is 7.00. The van der Waals surface area contributed by atoms with Crippen LogP contribution in [0, 0.1) is 6.92 Å². The molecule has 226 valence electrons. The molecule has 0 spiro atoms. The predicted octanol–water partition coefficient (Wildman–Crippen LogP) is 9.45. The monoisotopic (exact) mass is 613 g/mol. The first-order valence-corrected chi connectivity index (χ1v) is 16.8. The van der Waals surface area contributed by atoms with Crippen LogP contribution in [0.25, 0.3) is 0 Å². The third-order valence-electron chi connectivity index (χ3n) is 10.2. The maximum atomic E-state index is 2.50. The van der Waals surface area contributed by atoms with Crippen LogP contribution in [0.5, 0.6) is 0 Å². The van der Waals surface area contributed by atoms with Crippen molar-refractivity contribution in [2.75, 3.05) is 14.7 Å². The topological polar surface area (TPSA) is 9.72 Å². The fourth-order valence-electron chi connectivity index (χ4n) is 8.10. The summed E-state index contributed by atoms with van der Waals surface area (Å²) in [5.74, 6) is 0. The molecule has 0 saturated carbocycles. The van der Waals surface area contributed by atoms with Gasteiger partial charge in [0.1, 0.15) is 0 Å². The van der Waals surface area contributed by atoms with E-state index in [0.717, 1.165) is 29.2 Å². The zero-order chi connectivity index (χ0) is 31.8. The number of fused-ring (bicyclic) bond motifs is 2. The molecule has 2 aliphatic heterocycles. The molecule has 11 rings (SSSR count). The summed E-state index contributed by atoms with van der Waals surface area (Å²) in [6.45, 7) is 2.29. The number of rotatable bonds is 5. The number of anilines is 9. The normalized spacial score (nSPS) is 13.3. The van der Waals surface area contributed by atoms with Crippen molar-refractivity contribution < 1.29 is 0 Å². The lowest BCUT2D eigenvalue weighted by atomic mass is 9.32. The molecule has 7 aromatic carbocycles. The summed E-state index contributed by atoms with van der Waals surface area (Å²) >= 11 is 0. The molecule has 0 fully saturated rings. The summed E-state index contributed by atoms with van der Waals surface area (Å²) in [6, 6.07) is 60.1. The van der Waals surface area contributed by atoms with Crippen molar-refractivity contribution in [1.82, 2.24) is 0 Å². The van der Waals surface area contributed by atoms with E-state index in [1.54, 1.807) is 0 Å². The third-order valence-corrected chi connectivity index (χ3v) is 10.2. The molecular formula is C44H32BN3. The molecular weight excluding hydrogens is 581 g/mol. The van der Waals surface area contributed by atoms with E-state index in [1.165, 1.54) is 61.5 Å². The number of hydrogen-bond acceptors (Lipinski definition) is 3. The van der Waals surface area contributed by atoms with Gasteiger partial charge < -0.3 is 14.7 Å². The minimum absolute atomic E-state index is 0.128. The van der Waals surface area contributed by atoms with Crippen molar-refractivity contribution in [3.8, 4) is 0 Å². The highest BCUT2D eigenvalue weighted by Crippen LogP contribution is 2.47. The van der Waals surface area contributed by atoms with E-state index in [2.05, 4.69) is 185 Å². The molecule has 7 aromatic rings. The average Bonchev–Trinajstić information content (AvgIpc) is 3.13. The van der Waals surface area contributed by atoms with Gasteiger partial charge >= 0.3 is 0 Å². The first kappa shape index (κ1) is 27.1. The van der Waals surface area contributed by atoms with Crippen LogP contribution in [0.1, 0.15) is 16.7 Å². The molecule has 3 nitrogen and oxygen atoms in total. The van der Waals surface area contributed by atoms with Crippen LogP contribution in [0.15, 0.2) is 164 Å². The molecule has 4 heteroatoms. The number of para-hydroxylation sites is 3. The van der Waals surface area contributed by atoms with E-state index in [-0.39, 0.29) is 6.71 Å². The highest BCUT2D eigenvalue weighted by Gasteiger charge is 2.45. The molecule has 0 N–H and O–H groups in total. The van der Waals surface area contributed by atoms with Crippen molar-refractivity contribution in [2.45, 2.75) is 13.3 Å². The molecule has 0 radical (unpaired) electrons. The number of aryl methyl sites for hydroxylation is 1. The van der Waals surface area contributed by atoms with Gasteiger partial charge in [-0.05, 0) is 120 Å². The zero-order valence-electron chi connectivity index (χ0n) is 26.7. The Morgan fingerprint density at radius 3 is 1.71 bits per heavy atom. The van der Waals surface area contributed by atoms with Gasteiger partial charge in [-0.15, -0.1) is 0 Å². The summed E-state index contributed by atoms with van der Waals surface area (Å²) in [6.07, 6.45) is 1.04. The number of hydrogen-bond donors (Lipinski definition) is 0. The van der Waals surface area contributed by atoms with Crippen LogP contribution in [-0.4, -0.2) is 6.71 Å². The minimum atomic E-state index is 0.128. The van der Waals surface area contributed by atoms with Crippen molar-refractivity contribution in [2.24, 2.45) is 0 Å². The molecule has 2 heterocycles. The molecule has 0 amide bonds. The van der Waals surface area contributed by atoms with E-state index in [9.17, 15) is 0 Å². The van der Waals surface area contributed by atoms with E-state index in [0.29, 0.717) is 0 Å². The first-order chi connectivity index (χ1) is 23.7. The second-order valence-electron chi connectivity index (χ2n) is 13.1. The maximum absolute atomic E-state index is 2.50. The smallest absolute Gasteiger partial charge is 0.252 e. The fraction of sp³-hybridized carbons (Fsp3) is 0.0455. The lowest BCUT2D eigenvalue weighted by molar-refractivity contribution is 1.09. The van der Waals surface area contributed by atoms with Crippen LogP contribution < -0.4 is 31.1 Å². The average molecular weight is 614 g/mol. The molecule has 4 aliphatic rings. The Hall–Kier alpha value is -6.00. The molecule has 0 saturated heterocycles. The quantitative estimate of drug-likeness (QED) is 0.179. The van der Waals surface area contributed by atoms with Crippen LogP contribution in [0.3, 0.4) is 0 Å². The van der Waals surface area contributed by atoms with Crippen molar-refractivity contribution in [3.05, 3.63) is 180 Å². The van der Waals surface area contributed by atoms with E-state index >= 15 is 0 Å². The molecule has 0 atom stereocenters. The molecule has 2 bridgehead atoms. The van der Waals surface area contributed by atoms with Gasteiger partial charge in [-0.2, -0.15) is 0 Å². The lowest BCUT2D eigenvalue weighted by Gasteiger charge is -2.46. The largest absolute Gasteiger partial charge is 0.311 e. The van der Waals surface area contributed by atoms with Gasteiger partial charge in [0.2, 0.25) is 0 Å². The Kier molecular flexibility index (Phi) is 5.95. The van der Waals surface area contributed by atoms with E-state index < -0.39 is 0 Å². The Labute approximate surface area is 282 Å². The zero-order valence-corrected chi connectivity index (χ0v) is 26.7. The summed E-state index contributed by atoms with van der Waals surface area (Å²) in [4.78, 5) is 7.36. The maximum Gasteiger partial charge on any atom is 0.252 e. The standard InChI is InChI=1S/C44H32BN3/c1-30-20-22-36(23-21-30)47-39-18-11-19-40-44(39)45(43-32-26-31(27-32)28-42(43)48(40)35-16-9-4-10-17-35)38-25-24-37(29-41(38)47)46(33-12-5-2-6-13-33)34-14-7-3-8-15-34/h2-26,28-29H,27H2,1H3. The SMILES string of the molecule is Cc1ccc(N2c3cc(N(c4ccccc4)c4ccccc4)ccc3B3c4c5cc(cc4N(c4ccccc4)c4cccc2c43)C5)cc1. The lowest BCUT2D eigenvalue weighted by Crippen LogP contribution is -2.62. The second-order valence-corrected chi connectivity index (χ2v) is 13.1. The molecule has 0 unspecified atom stereocenters. The molecule has 2 aliphatic carbocycles. The van der Waals surface area contributed by atoms with E-state index in [4.69, 9.17) is 0 Å². The van der Waals surface area contributed by atoms with Gasteiger partial charge in [-0.25, -0.2) is 0 Å². The van der Waals surface area contributed by atoms with Crippen LogP contribution >= 0.6 is 0 Å². The highest BCUT2D eigenvalue weighted by atomic mass is 15.2. The second kappa shape index (κ2) is 10.5. The van der Waals surface area contributed by atoms with Gasteiger partial charge in [-0.1, -0.05) is 90.5 Å². The number of benzene rings is 7. The van der Waals surface area contributed by atoms with Gasteiger partial charge in [0.05, 0.1) is 0 Å². The summed E-state index contributed by atoms with van der Waals surface area (Å²) in [5, 5.41) is 0. The van der Waals surface area contributed by atoms with Crippen LogP contribution in [0.2, 0.25) is 0 Å². The summed E-state index contributed by atoms with van der Waals surface area (Å²) in [7, 11) is 0. The minimum Gasteiger partial charge on any atom is -0.311 e.